The second kappa shape index (κ2) is 7.03. The minimum absolute atomic E-state index is 0.280. The van der Waals surface area contributed by atoms with E-state index in [1.807, 2.05) is 24.3 Å². The molecular weight excluding hydrogens is 348 g/mol. The Balaban J connectivity index is 1.80. The summed E-state index contributed by atoms with van der Waals surface area (Å²) in [5.41, 5.74) is 0.392. The predicted molar refractivity (Wildman–Crippen MR) is 94.4 cm³/mol. The zero-order valence-corrected chi connectivity index (χ0v) is 14.3. The lowest BCUT2D eigenvalue weighted by Gasteiger charge is -2.10. The number of esters is 1. The molecule has 6 heteroatoms. The average molecular weight is 361 g/mol. The number of hydrogen-bond acceptors (Lipinski definition) is 5. The van der Waals surface area contributed by atoms with E-state index in [0.717, 1.165) is 16.7 Å². The van der Waals surface area contributed by atoms with Crippen molar-refractivity contribution >= 4 is 45.5 Å². The number of ether oxygens (including phenoxy) is 2. The van der Waals surface area contributed by atoms with E-state index in [4.69, 9.17) is 21.1 Å². The summed E-state index contributed by atoms with van der Waals surface area (Å²) in [4.78, 5) is 24.8. The van der Waals surface area contributed by atoms with Gasteiger partial charge < -0.3 is 9.47 Å². The molecule has 1 aromatic heterocycles. The zero-order chi connectivity index (χ0) is 17.1. The summed E-state index contributed by atoms with van der Waals surface area (Å²) in [7, 11) is 1.57. The van der Waals surface area contributed by atoms with Gasteiger partial charge in [-0.2, -0.15) is 0 Å². The Morgan fingerprint density at radius 3 is 2.46 bits per heavy atom. The van der Waals surface area contributed by atoms with Gasteiger partial charge >= 0.3 is 5.97 Å². The van der Waals surface area contributed by atoms with Crippen LogP contribution in [-0.4, -0.2) is 25.5 Å². The summed E-state index contributed by atoms with van der Waals surface area (Å²) in [6, 6.07) is 14.0. The van der Waals surface area contributed by atoms with E-state index in [9.17, 15) is 9.59 Å². The Hall–Kier alpha value is -2.37. The number of ketones is 1. The first-order chi connectivity index (χ1) is 11.6. The molecule has 0 spiro atoms. The molecule has 0 atom stereocenters. The molecule has 0 aliphatic heterocycles. The number of carbonyl (C=O) groups is 2. The Morgan fingerprint density at radius 2 is 1.79 bits per heavy atom. The molecule has 3 aromatic rings. The number of methoxy groups -OCH3 is 1. The molecule has 0 fully saturated rings. The number of hydrogen-bond donors (Lipinski definition) is 0. The maximum absolute atomic E-state index is 12.4. The Labute approximate surface area is 147 Å². The normalized spacial score (nSPS) is 10.6. The van der Waals surface area contributed by atoms with Crippen LogP contribution in [0.25, 0.3) is 10.8 Å². The highest BCUT2D eigenvalue weighted by Crippen LogP contribution is 2.29. The highest BCUT2D eigenvalue weighted by Gasteiger charge is 2.16. The van der Waals surface area contributed by atoms with Crippen molar-refractivity contribution in [3.63, 3.8) is 0 Å². The molecule has 0 radical (unpaired) electrons. The van der Waals surface area contributed by atoms with Crippen LogP contribution < -0.4 is 4.74 Å². The molecule has 0 N–H and O–H groups in total. The summed E-state index contributed by atoms with van der Waals surface area (Å²) in [6.45, 7) is -0.323. The first-order valence-corrected chi connectivity index (χ1v) is 8.31. The molecule has 0 saturated carbocycles. The number of carbonyl (C=O) groups excluding carboxylic acids is 2. The van der Waals surface area contributed by atoms with Gasteiger partial charge in [-0.25, -0.2) is 4.79 Å². The minimum atomic E-state index is -0.551. The summed E-state index contributed by atoms with van der Waals surface area (Å²) >= 11 is 6.96. The maximum atomic E-state index is 12.4. The van der Waals surface area contributed by atoms with Crippen LogP contribution in [0.15, 0.2) is 48.5 Å². The third kappa shape index (κ3) is 3.27. The predicted octanol–water partition coefficient (Wildman–Crippen LogP) is 4.60. The van der Waals surface area contributed by atoms with E-state index >= 15 is 0 Å². The van der Waals surface area contributed by atoms with Crippen LogP contribution in [0, 0.1) is 0 Å². The van der Waals surface area contributed by atoms with E-state index in [1.54, 1.807) is 31.4 Å². The van der Waals surface area contributed by atoms with Crippen molar-refractivity contribution in [2.75, 3.05) is 13.7 Å². The lowest BCUT2D eigenvalue weighted by molar-refractivity contribution is 0.0478. The lowest BCUT2D eigenvalue weighted by atomic mass is 10.0. The number of Topliss-reactive ketones (excluding diaryl/α,β-unsaturated/α-hetero) is 1. The van der Waals surface area contributed by atoms with Crippen LogP contribution in [0.3, 0.4) is 0 Å². The van der Waals surface area contributed by atoms with Gasteiger partial charge in [0.25, 0.3) is 0 Å². The van der Waals surface area contributed by atoms with Gasteiger partial charge in [0.2, 0.25) is 5.78 Å². The summed E-state index contributed by atoms with van der Waals surface area (Å²) in [6.07, 6.45) is 0. The fourth-order valence-electron chi connectivity index (χ4n) is 2.37. The fraction of sp³-hybridized carbons (Fsp3) is 0.111. The zero-order valence-electron chi connectivity index (χ0n) is 12.7. The maximum Gasteiger partial charge on any atom is 0.339 e. The minimum Gasteiger partial charge on any atom is -0.496 e. The molecule has 122 valence electrons. The molecule has 2 aromatic carbocycles. The molecule has 0 saturated heterocycles. The summed E-state index contributed by atoms with van der Waals surface area (Å²) in [5, 5.41) is 1.53. The van der Waals surface area contributed by atoms with E-state index in [1.165, 1.54) is 0 Å². The van der Waals surface area contributed by atoms with E-state index in [2.05, 4.69) is 0 Å². The van der Waals surface area contributed by atoms with Crippen molar-refractivity contribution in [1.29, 1.82) is 0 Å². The second-order valence-corrected chi connectivity index (χ2v) is 6.68. The van der Waals surface area contributed by atoms with Crippen molar-refractivity contribution in [3.8, 4) is 5.75 Å². The first kappa shape index (κ1) is 16.5. The molecular formula is C18H13ClO4S. The quantitative estimate of drug-likeness (QED) is 0.492. The van der Waals surface area contributed by atoms with Gasteiger partial charge in [0.15, 0.2) is 6.61 Å². The number of fused-ring (bicyclic) bond motifs is 1. The fourth-order valence-corrected chi connectivity index (χ4v) is 3.34. The van der Waals surface area contributed by atoms with Crippen molar-refractivity contribution in [3.05, 3.63) is 63.3 Å². The van der Waals surface area contributed by atoms with Crippen molar-refractivity contribution in [2.24, 2.45) is 0 Å². The Bertz CT molecular complexity index is 916. The van der Waals surface area contributed by atoms with Crippen molar-refractivity contribution in [1.82, 2.24) is 0 Å². The highest BCUT2D eigenvalue weighted by atomic mass is 35.5. The number of rotatable bonds is 5. The van der Waals surface area contributed by atoms with Crippen LogP contribution in [0.1, 0.15) is 20.0 Å². The standard InChI is InChI=1S/C18H13ClO4S/c1-22-15-7-6-13(11-4-2-3-5-12(11)15)18(21)23-10-14(20)16-8-9-17(19)24-16/h2-9H,10H2,1H3. The molecule has 0 amide bonds. The van der Waals surface area contributed by atoms with Crippen LogP contribution in [-0.2, 0) is 4.74 Å². The Kier molecular flexibility index (Phi) is 4.83. The van der Waals surface area contributed by atoms with Gasteiger partial charge in [0.05, 0.1) is 21.9 Å². The van der Waals surface area contributed by atoms with Crippen LogP contribution >= 0.6 is 22.9 Å². The SMILES string of the molecule is COc1ccc(C(=O)OCC(=O)c2ccc(Cl)s2)c2ccccc12. The molecule has 1 heterocycles. The van der Waals surface area contributed by atoms with Gasteiger partial charge in [-0.1, -0.05) is 35.9 Å². The smallest absolute Gasteiger partial charge is 0.339 e. The van der Waals surface area contributed by atoms with Gasteiger partial charge in [-0.05, 0) is 29.7 Å². The summed E-state index contributed by atoms with van der Waals surface area (Å²) < 4.78 is 11.0. The Morgan fingerprint density at radius 1 is 1.04 bits per heavy atom. The van der Waals surface area contributed by atoms with Gasteiger partial charge in [-0.15, -0.1) is 11.3 Å². The summed E-state index contributed by atoms with van der Waals surface area (Å²) in [5.74, 6) is -0.158. The van der Waals surface area contributed by atoms with Crippen LogP contribution in [0.2, 0.25) is 4.34 Å². The van der Waals surface area contributed by atoms with Gasteiger partial charge in [-0.3, -0.25) is 4.79 Å². The largest absolute Gasteiger partial charge is 0.496 e. The third-order valence-corrected chi connectivity index (χ3v) is 4.78. The van der Waals surface area contributed by atoms with Gasteiger partial charge in [0, 0.05) is 5.39 Å². The molecule has 0 bridgehead atoms. The highest BCUT2D eigenvalue weighted by molar-refractivity contribution is 7.18. The van der Waals surface area contributed by atoms with E-state index in [-0.39, 0.29) is 12.4 Å². The lowest BCUT2D eigenvalue weighted by Crippen LogP contribution is -2.13. The van der Waals surface area contributed by atoms with Crippen molar-refractivity contribution < 1.29 is 19.1 Å². The second-order valence-electron chi connectivity index (χ2n) is 4.96. The van der Waals surface area contributed by atoms with Gasteiger partial charge in [0.1, 0.15) is 5.75 Å². The first-order valence-electron chi connectivity index (χ1n) is 7.11. The molecule has 0 aliphatic rings. The molecule has 24 heavy (non-hydrogen) atoms. The molecule has 3 rings (SSSR count). The van der Waals surface area contributed by atoms with Crippen LogP contribution in [0.5, 0.6) is 5.75 Å². The number of halogens is 1. The van der Waals surface area contributed by atoms with Crippen LogP contribution in [0.4, 0.5) is 0 Å². The van der Waals surface area contributed by atoms with Crippen molar-refractivity contribution in [2.45, 2.75) is 0 Å². The van der Waals surface area contributed by atoms with E-state index in [0.29, 0.717) is 25.9 Å². The average Bonchev–Trinajstić information content (AvgIpc) is 3.05. The molecule has 4 nitrogen and oxygen atoms in total. The molecule has 0 unspecified atom stereocenters. The number of benzene rings is 2. The van der Waals surface area contributed by atoms with E-state index < -0.39 is 5.97 Å². The molecule has 0 aliphatic carbocycles. The number of thiophene rings is 1. The topological polar surface area (TPSA) is 52.6 Å². The third-order valence-electron chi connectivity index (χ3n) is 3.51. The monoisotopic (exact) mass is 360 g/mol.